The van der Waals surface area contributed by atoms with Crippen LogP contribution in [0.3, 0.4) is 0 Å². The van der Waals surface area contributed by atoms with Gasteiger partial charge in [0.25, 0.3) is 0 Å². The number of rotatable bonds is 2. The van der Waals surface area contributed by atoms with E-state index in [0.29, 0.717) is 10.0 Å². The molecular weight excluding hydrogens is 397 g/mol. The molecule has 1 saturated heterocycles. The van der Waals surface area contributed by atoms with Crippen molar-refractivity contribution in [3.05, 3.63) is 51.5 Å². The smallest absolute Gasteiger partial charge is 0.231 e. The van der Waals surface area contributed by atoms with E-state index in [9.17, 15) is 0 Å². The van der Waals surface area contributed by atoms with Gasteiger partial charge in [-0.05, 0) is 43.5 Å². The number of likely N-dealkylation sites (tertiary alicyclic amines) is 1. The highest BCUT2D eigenvalue weighted by Gasteiger charge is 2.49. The summed E-state index contributed by atoms with van der Waals surface area (Å²) in [6.45, 7) is 6.82. The maximum atomic E-state index is 6.68. The van der Waals surface area contributed by atoms with Gasteiger partial charge in [0.15, 0.2) is 17.2 Å². The Morgan fingerprint density at radius 3 is 2.39 bits per heavy atom. The molecule has 2 aromatic rings. The highest BCUT2D eigenvalue weighted by molar-refractivity contribution is 6.42. The van der Waals surface area contributed by atoms with Crippen LogP contribution >= 0.6 is 23.2 Å². The zero-order valence-electron chi connectivity index (χ0n) is 16.0. The Morgan fingerprint density at radius 2 is 1.68 bits per heavy atom. The van der Waals surface area contributed by atoms with Crippen LogP contribution in [0.5, 0.6) is 17.2 Å². The molecule has 28 heavy (non-hydrogen) atoms. The topological polar surface area (TPSA) is 30.9 Å². The first-order valence-corrected chi connectivity index (χ1v) is 10.6. The summed E-state index contributed by atoms with van der Waals surface area (Å²) in [7, 11) is 0. The lowest BCUT2D eigenvalue weighted by molar-refractivity contribution is -0.114. The summed E-state index contributed by atoms with van der Waals surface area (Å²) >= 11 is 12.6. The van der Waals surface area contributed by atoms with Gasteiger partial charge in [-0.3, -0.25) is 4.90 Å². The molecule has 0 amide bonds. The number of hydrogen-bond donors (Lipinski definition) is 0. The molecular formula is C22H23Cl2NO3. The molecule has 0 aromatic heterocycles. The molecule has 0 N–H and O–H groups in total. The Hall–Kier alpha value is -1.62. The molecule has 3 aliphatic heterocycles. The summed E-state index contributed by atoms with van der Waals surface area (Å²) in [5.74, 6) is 2.68. The Labute approximate surface area is 175 Å². The molecule has 0 radical (unpaired) electrons. The maximum absolute atomic E-state index is 6.68. The summed E-state index contributed by atoms with van der Waals surface area (Å²) in [6.07, 6.45) is 2.41. The van der Waals surface area contributed by atoms with Crippen LogP contribution in [0.2, 0.25) is 10.0 Å². The van der Waals surface area contributed by atoms with Gasteiger partial charge in [0.05, 0.1) is 10.0 Å². The molecule has 0 spiro atoms. The minimum absolute atomic E-state index is 0.110. The van der Waals surface area contributed by atoms with Crippen LogP contribution < -0.4 is 14.2 Å². The van der Waals surface area contributed by atoms with Crippen molar-refractivity contribution in [2.75, 3.05) is 19.9 Å². The second kappa shape index (κ2) is 6.72. The average molecular weight is 420 g/mol. The van der Waals surface area contributed by atoms with E-state index in [0.717, 1.165) is 41.5 Å². The monoisotopic (exact) mass is 419 g/mol. The van der Waals surface area contributed by atoms with Crippen molar-refractivity contribution in [1.29, 1.82) is 0 Å². The molecule has 0 aliphatic carbocycles. The summed E-state index contributed by atoms with van der Waals surface area (Å²) in [5.41, 5.74) is 1.83. The zero-order chi connectivity index (χ0) is 19.5. The lowest BCUT2D eigenvalue weighted by Crippen LogP contribution is -2.57. The van der Waals surface area contributed by atoms with Gasteiger partial charge in [-0.1, -0.05) is 36.2 Å². The number of hydrogen-bond acceptors (Lipinski definition) is 4. The standard InChI is InChI=1S/C22H23Cl2NO3/c1-13-21(14-5-6-16(23)17(24)9-14)15-10-19-20(27-12-26-19)11-18(15)28-22(13,2)25-7-3-4-8-25/h5-6,9-11,13,21H,3-4,7-8,12H2,1-2H3/t13-,21-,22+/m0/s1. The minimum atomic E-state index is -0.409. The maximum Gasteiger partial charge on any atom is 0.231 e. The molecule has 2 aromatic carbocycles. The van der Waals surface area contributed by atoms with Crippen molar-refractivity contribution >= 4 is 23.2 Å². The zero-order valence-corrected chi connectivity index (χ0v) is 17.5. The van der Waals surface area contributed by atoms with E-state index in [1.165, 1.54) is 12.8 Å². The second-order valence-electron chi connectivity index (χ2n) is 8.03. The molecule has 148 valence electrons. The van der Waals surface area contributed by atoms with Gasteiger partial charge in [0, 0.05) is 36.6 Å². The van der Waals surface area contributed by atoms with Crippen molar-refractivity contribution in [3.63, 3.8) is 0 Å². The summed E-state index contributed by atoms with van der Waals surface area (Å²) in [6, 6.07) is 9.96. The van der Waals surface area contributed by atoms with E-state index in [2.05, 4.69) is 30.9 Å². The molecule has 0 unspecified atom stereocenters. The number of ether oxygens (including phenoxy) is 3. The Morgan fingerprint density at radius 1 is 0.964 bits per heavy atom. The van der Waals surface area contributed by atoms with Crippen LogP contribution in [0.15, 0.2) is 30.3 Å². The van der Waals surface area contributed by atoms with E-state index in [1.807, 2.05) is 18.2 Å². The Bertz CT molecular complexity index is 928. The molecule has 6 heteroatoms. The quantitative estimate of drug-likeness (QED) is 0.624. The third-order valence-electron chi connectivity index (χ3n) is 6.54. The molecule has 3 heterocycles. The molecule has 1 fully saturated rings. The first-order valence-electron chi connectivity index (χ1n) is 9.80. The predicted octanol–water partition coefficient (Wildman–Crippen LogP) is 5.69. The fraction of sp³-hybridized carbons (Fsp3) is 0.455. The van der Waals surface area contributed by atoms with E-state index in [1.54, 1.807) is 0 Å². The van der Waals surface area contributed by atoms with Gasteiger partial charge in [-0.15, -0.1) is 0 Å². The van der Waals surface area contributed by atoms with Gasteiger partial charge in [-0.2, -0.15) is 0 Å². The molecule has 5 rings (SSSR count). The van der Waals surface area contributed by atoms with Crippen LogP contribution in [0.4, 0.5) is 0 Å². The normalized spacial score (nSPS) is 28.9. The first kappa shape index (κ1) is 18.4. The third-order valence-corrected chi connectivity index (χ3v) is 7.28. The lowest BCUT2D eigenvalue weighted by Gasteiger charge is -2.50. The molecule has 3 aliphatic rings. The highest BCUT2D eigenvalue weighted by atomic mass is 35.5. The van der Waals surface area contributed by atoms with Gasteiger partial charge in [0.2, 0.25) is 6.79 Å². The number of nitrogens with zero attached hydrogens (tertiary/aromatic N) is 1. The second-order valence-corrected chi connectivity index (χ2v) is 8.85. The SMILES string of the molecule is C[C@H]1[C@@H](c2ccc(Cl)c(Cl)c2)c2cc3c(cc2O[C@@]1(C)N1CCCC1)OCO3. The van der Waals surface area contributed by atoms with Gasteiger partial charge < -0.3 is 14.2 Å². The van der Waals surface area contributed by atoms with Crippen LogP contribution in [0, 0.1) is 5.92 Å². The third kappa shape index (κ3) is 2.77. The van der Waals surface area contributed by atoms with E-state index < -0.39 is 5.72 Å². The van der Waals surface area contributed by atoms with Gasteiger partial charge in [0.1, 0.15) is 5.75 Å². The van der Waals surface area contributed by atoms with Crippen molar-refractivity contribution < 1.29 is 14.2 Å². The summed E-state index contributed by atoms with van der Waals surface area (Å²) in [4.78, 5) is 2.47. The Kier molecular flexibility index (Phi) is 4.42. The number of fused-ring (bicyclic) bond motifs is 2. The highest BCUT2D eigenvalue weighted by Crippen LogP contribution is 2.53. The molecule has 0 saturated carbocycles. The van der Waals surface area contributed by atoms with Crippen molar-refractivity contribution in [2.24, 2.45) is 5.92 Å². The minimum Gasteiger partial charge on any atom is -0.472 e. The molecule has 3 atom stereocenters. The molecule has 4 nitrogen and oxygen atoms in total. The van der Waals surface area contributed by atoms with Crippen LogP contribution in [0.1, 0.15) is 43.7 Å². The van der Waals surface area contributed by atoms with Gasteiger partial charge in [-0.25, -0.2) is 0 Å². The Balaban J connectivity index is 1.67. The van der Waals surface area contributed by atoms with E-state index in [-0.39, 0.29) is 18.6 Å². The lowest BCUT2D eigenvalue weighted by atomic mass is 9.74. The van der Waals surface area contributed by atoms with Crippen LogP contribution in [-0.4, -0.2) is 30.5 Å². The summed E-state index contributed by atoms with van der Waals surface area (Å²) in [5, 5.41) is 1.14. The molecule has 0 bridgehead atoms. The fourth-order valence-corrected chi connectivity index (χ4v) is 5.16. The van der Waals surface area contributed by atoms with E-state index >= 15 is 0 Å². The van der Waals surface area contributed by atoms with Crippen LogP contribution in [-0.2, 0) is 0 Å². The van der Waals surface area contributed by atoms with Crippen LogP contribution in [0.25, 0.3) is 0 Å². The van der Waals surface area contributed by atoms with Gasteiger partial charge >= 0.3 is 0 Å². The van der Waals surface area contributed by atoms with Crippen molar-refractivity contribution in [1.82, 2.24) is 4.90 Å². The number of halogens is 2. The summed E-state index contributed by atoms with van der Waals surface area (Å²) < 4.78 is 17.9. The predicted molar refractivity (Wildman–Crippen MR) is 110 cm³/mol. The largest absolute Gasteiger partial charge is 0.472 e. The average Bonchev–Trinajstić information content (AvgIpc) is 3.35. The van der Waals surface area contributed by atoms with Crippen molar-refractivity contribution in [3.8, 4) is 17.2 Å². The first-order chi connectivity index (χ1) is 13.5. The van der Waals surface area contributed by atoms with E-state index in [4.69, 9.17) is 37.4 Å². The van der Waals surface area contributed by atoms with Crippen molar-refractivity contribution in [2.45, 2.75) is 38.3 Å². The number of benzene rings is 2. The fourth-order valence-electron chi connectivity index (χ4n) is 4.85.